The van der Waals surface area contributed by atoms with Crippen LogP contribution >= 0.6 is 11.6 Å². The number of rotatable bonds is 5. The maximum atomic E-state index is 12.7. The summed E-state index contributed by atoms with van der Waals surface area (Å²) in [6, 6.07) is 10.4. The molecule has 0 unspecified atom stereocenters. The summed E-state index contributed by atoms with van der Waals surface area (Å²) in [5.74, 6) is -1.16. The molecule has 10 heteroatoms. The van der Waals surface area contributed by atoms with Crippen molar-refractivity contribution in [3.63, 3.8) is 0 Å². The number of aryl methyl sites for hydroxylation is 1. The van der Waals surface area contributed by atoms with Crippen LogP contribution in [0.1, 0.15) is 16.8 Å². The van der Waals surface area contributed by atoms with Crippen molar-refractivity contribution < 1.29 is 17.5 Å². The molecule has 1 aromatic carbocycles. The first-order valence-corrected chi connectivity index (χ1v) is 9.78. The number of hydrogen-bond donors (Lipinski definition) is 2. The molecule has 0 saturated carbocycles. The lowest BCUT2D eigenvalue weighted by Gasteiger charge is -2.09. The van der Waals surface area contributed by atoms with Crippen molar-refractivity contribution in [3.8, 4) is 0 Å². The minimum atomic E-state index is -3.85. The number of benzene rings is 1. The maximum absolute atomic E-state index is 12.7. The molecule has 1 aromatic heterocycles. The Morgan fingerprint density at radius 1 is 1.30 bits per heavy atom. The molecular formula is C17H17ClN4O4S. The molecule has 0 aliphatic carbocycles. The van der Waals surface area contributed by atoms with Gasteiger partial charge in [-0.1, -0.05) is 35.9 Å². The van der Waals surface area contributed by atoms with E-state index in [4.69, 9.17) is 17.3 Å². The van der Waals surface area contributed by atoms with Gasteiger partial charge >= 0.3 is 10.1 Å². The lowest BCUT2D eigenvalue weighted by molar-refractivity contribution is -0.114. The molecule has 2 rings (SSSR count). The molecule has 0 saturated heterocycles. The molecule has 0 atom stereocenters. The number of nitrogens with one attached hydrogen (secondary N) is 1. The number of halogens is 1. The summed E-state index contributed by atoms with van der Waals surface area (Å²) in [5.41, 5.74) is 7.60. The van der Waals surface area contributed by atoms with Crippen molar-refractivity contribution in [2.45, 2.75) is 6.92 Å². The van der Waals surface area contributed by atoms with Gasteiger partial charge in [-0.3, -0.25) is 19.4 Å². The molecule has 8 nitrogen and oxygen atoms in total. The van der Waals surface area contributed by atoms with Crippen molar-refractivity contribution >= 4 is 45.2 Å². The summed E-state index contributed by atoms with van der Waals surface area (Å²) in [7, 11) is -3.85. The number of oxime groups is 1. The first-order valence-electron chi connectivity index (χ1n) is 7.58. The van der Waals surface area contributed by atoms with Crippen LogP contribution in [0.2, 0.25) is 5.02 Å². The summed E-state index contributed by atoms with van der Waals surface area (Å²) in [4.78, 5) is 16.8. The number of pyridine rings is 1. The highest BCUT2D eigenvalue weighted by atomic mass is 35.5. The van der Waals surface area contributed by atoms with Gasteiger partial charge < -0.3 is 5.73 Å². The second-order valence-corrected chi connectivity index (χ2v) is 7.44. The van der Waals surface area contributed by atoms with Gasteiger partial charge in [-0.25, -0.2) is 0 Å². The van der Waals surface area contributed by atoms with Gasteiger partial charge in [0, 0.05) is 28.0 Å². The second kappa shape index (κ2) is 8.65. The summed E-state index contributed by atoms with van der Waals surface area (Å²) in [6.07, 6.45) is 3.89. The zero-order valence-electron chi connectivity index (χ0n) is 14.5. The Kier molecular flexibility index (Phi) is 6.54. The third kappa shape index (κ3) is 6.39. The smallest absolute Gasteiger partial charge is 0.325 e. The van der Waals surface area contributed by atoms with E-state index in [0.29, 0.717) is 16.1 Å². The number of nitrogens with two attached hydrogens (primary N) is 1. The fourth-order valence-corrected chi connectivity index (χ4v) is 2.38. The molecule has 0 radical (unpaired) electrons. The van der Waals surface area contributed by atoms with E-state index in [0.717, 1.165) is 11.9 Å². The zero-order chi connectivity index (χ0) is 20.0. The molecule has 0 fully saturated rings. The van der Waals surface area contributed by atoms with Crippen molar-refractivity contribution in [1.29, 1.82) is 0 Å². The van der Waals surface area contributed by atoms with E-state index in [-0.39, 0.29) is 5.57 Å². The normalized spacial score (nSPS) is 12.6. The topological polar surface area (TPSA) is 124 Å². The maximum Gasteiger partial charge on any atom is 0.325 e. The Hall–Kier alpha value is -2.91. The van der Waals surface area contributed by atoms with Gasteiger partial charge in [0.1, 0.15) is 0 Å². The fourth-order valence-electron chi connectivity index (χ4n) is 1.97. The van der Waals surface area contributed by atoms with Crippen LogP contribution in [0.5, 0.6) is 0 Å². The minimum absolute atomic E-state index is 0.202. The van der Waals surface area contributed by atoms with Gasteiger partial charge in [0.05, 0.1) is 6.26 Å². The number of nitrogens with zero attached hydrogens (tertiary/aromatic N) is 2. The molecule has 3 N–H and O–H groups in total. The first-order chi connectivity index (χ1) is 12.7. The zero-order valence-corrected chi connectivity index (χ0v) is 16.1. The monoisotopic (exact) mass is 408 g/mol. The number of carbonyl (C=O) groups excluding carboxylic acids is 1. The Bertz CT molecular complexity index is 1000. The molecule has 0 bridgehead atoms. The summed E-state index contributed by atoms with van der Waals surface area (Å²) >= 11 is 6.16. The van der Waals surface area contributed by atoms with Gasteiger partial charge in [0.25, 0.3) is 5.91 Å². The lowest BCUT2D eigenvalue weighted by Crippen LogP contribution is -2.37. The largest absolute Gasteiger partial charge is 0.367 e. The highest BCUT2D eigenvalue weighted by molar-refractivity contribution is 7.85. The van der Waals surface area contributed by atoms with E-state index in [1.165, 1.54) is 6.20 Å². The van der Waals surface area contributed by atoms with Crippen LogP contribution in [0.15, 0.2) is 47.8 Å². The summed E-state index contributed by atoms with van der Waals surface area (Å²) < 4.78 is 26.1. The average Bonchev–Trinajstić information content (AvgIpc) is 2.59. The standard InChI is InChI=1S/C17H17ClN4O4S/c1-11-7-8-13(10-20-11)14(9-12-5-3-4-6-15(12)18)16(23)21-17(19)22-26-27(2,24)25/h3-10H,1-2H3,(H3,19,21,22,23)/b14-9+. The predicted molar refractivity (Wildman–Crippen MR) is 104 cm³/mol. The van der Waals surface area contributed by atoms with E-state index in [1.54, 1.807) is 42.5 Å². The molecule has 2 aromatic rings. The van der Waals surface area contributed by atoms with Crippen LogP contribution in [-0.2, 0) is 19.2 Å². The number of hydrogen-bond acceptors (Lipinski definition) is 6. The van der Waals surface area contributed by atoms with Crippen molar-refractivity contribution in [2.24, 2.45) is 10.9 Å². The van der Waals surface area contributed by atoms with Gasteiger partial charge in [-0.2, -0.15) is 8.42 Å². The third-order valence-corrected chi connectivity index (χ3v) is 3.87. The number of carbonyl (C=O) groups is 1. The van der Waals surface area contributed by atoms with Gasteiger partial charge in [-0.15, -0.1) is 0 Å². The van der Waals surface area contributed by atoms with E-state index in [2.05, 4.69) is 19.7 Å². The molecule has 27 heavy (non-hydrogen) atoms. The van der Waals surface area contributed by atoms with Crippen molar-refractivity contribution in [2.75, 3.05) is 6.26 Å². The minimum Gasteiger partial charge on any atom is -0.367 e. The highest BCUT2D eigenvalue weighted by Crippen LogP contribution is 2.23. The van der Waals surface area contributed by atoms with Gasteiger partial charge in [-0.05, 0) is 35.9 Å². The van der Waals surface area contributed by atoms with Crippen LogP contribution in [0.4, 0.5) is 0 Å². The Labute approximate surface area is 161 Å². The molecule has 1 amide bonds. The van der Waals surface area contributed by atoms with Gasteiger partial charge in [0.15, 0.2) is 0 Å². The van der Waals surface area contributed by atoms with Crippen LogP contribution in [0.25, 0.3) is 11.6 Å². The van der Waals surface area contributed by atoms with Crippen LogP contribution in [0, 0.1) is 6.92 Å². The van der Waals surface area contributed by atoms with E-state index in [1.807, 2.05) is 6.92 Å². The molecule has 0 spiro atoms. The molecule has 1 heterocycles. The van der Waals surface area contributed by atoms with E-state index >= 15 is 0 Å². The van der Waals surface area contributed by atoms with Gasteiger partial charge in [0.2, 0.25) is 5.96 Å². The van der Waals surface area contributed by atoms with Crippen molar-refractivity contribution in [3.05, 3.63) is 64.4 Å². The molecule has 0 aliphatic rings. The quantitative estimate of drug-likeness (QED) is 0.337. The Morgan fingerprint density at radius 3 is 2.59 bits per heavy atom. The molecule has 0 aliphatic heterocycles. The SMILES string of the molecule is Cc1ccc(/C(=C\c2ccccc2Cl)C(=O)NC(N)=NOS(C)(=O)=O)cn1. The Morgan fingerprint density at radius 2 is 2.00 bits per heavy atom. The van der Waals surface area contributed by atoms with E-state index < -0.39 is 22.0 Å². The summed E-state index contributed by atoms with van der Waals surface area (Å²) in [6.45, 7) is 1.81. The number of aromatic nitrogens is 1. The van der Waals surface area contributed by atoms with Crippen molar-refractivity contribution in [1.82, 2.24) is 10.3 Å². The van der Waals surface area contributed by atoms with E-state index in [9.17, 15) is 13.2 Å². The second-order valence-electron chi connectivity index (χ2n) is 5.48. The third-order valence-electron chi connectivity index (χ3n) is 3.18. The fraction of sp³-hybridized carbons (Fsp3) is 0.118. The average molecular weight is 409 g/mol. The number of guanidine groups is 1. The van der Waals surface area contributed by atoms with Crippen LogP contribution < -0.4 is 11.1 Å². The molecule has 142 valence electrons. The number of amides is 1. The highest BCUT2D eigenvalue weighted by Gasteiger charge is 2.15. The first kappa shape index (κ1) is 20.4. The predicted octanol–water partition coefficient (Wildman–Crippen LogP) is 1.91. The van der Waals surface area contributed by atoms with Crippen LogP contribution in [-0.4, -0.2) is 31.5 Å². The summed E-state index contributed by atoms with van der Waals surface area (Å²) in [5, 5.41) is 5.87. The lowest BCUT2D eigenvalue weighted by atomic mass is 10.0. The Balaban J connectivity index is 2.39. The molecular weight excluding hydrogens is 392 g/mol. The van der Waals surface area contributed by atoms with Crippen LogP contribution in [0.3, 0.4) is 0 Å².